The van der Waals surface area contributed by atoms with Crippen LogP contribution in [0.25, 0.3) is 0 Å². The van der Waals surface area contributed by atoms with Crippen LogP contribution in [0.3, 0.4) is 0 Å². The summed E-state index contributed by atoms with van der Waals surface area (Å²) < 4.78 is 5.01. The van der Waals surface area contributed by atoms with Gasteiger partial charge in [-0.1, -0.05) is 6.07 Å². The fraction of sp³-hybridized carbons (Fsp3) is 0.357. The Morgan fingerprint density at radius 2 is 2.05 bits per heavy atom. The molecule has 0 saturated heterocycles. The zero-order chi connectivity index (χ0) is 13.8. The number of nitrogens with zero attached hydrogens (tertiary/aromatic N) is 3. The molecule has 2 aromatic heterocycles. The predicted molar refractivity (Wildman–Crippen MR) is 71.0 cm³/mol. The van der Waals surface area contributed by atoms with Gasteiger partial charge in [0.15, 0.2) is 0 Å². The molecule has 5 nitrogen and oxygen atoms in total. The summed E-state index contributed by atoms with van der Waals surface area (Å²) in [4.78, 5) is 12.8. The highest BCUT2D eigenvalue weighted by Crippen LogP contribution is 2.15. The molecule has 2 rings (SSSR count). The van der Waals surface area contributed by atoms with Crippen molar-refractivity contribution in [2.45, 2.75) is 26.4 Å². The van der Waals surface area contributed by atoms with Crippen molar-refractivity contribution in [1.29, 1.82) is 0 Å². The minimum Gasteiger partial charge on any atom is -0.481 e. The first-order valence-electron chi connectivity index (χ1n) is 6.09. The van der Waals surface area contributed by atoms with E-state index in [9.17, 15) is 5.11 Å². The van der Waals surface area contributed by atoms with E-state index in [-0.39, 0.29) is 0 Å². The van der Waals surface area contributed by atoms with Crippen LogP contribution >= 0.6 is 0 Å². The summed E-state index contributed by atoms with van der Waals surface area (Å²) in [5.41, 5.74) is 2.59. The molecule has 0 saturated carbocycles. The molecule has 0 unspecified atom stereocenters. The second-order valence-electron chi connectivity index (χ2n) is 4.39. The molecule has 0 aliphatic rings. The zero-order valence-electron chi connectivity index (χ0n) is 11.3. The molecule has 0 amide bonds. The minimum atomic E-state index is -0.545. The fourth-order valence-electron chi connectivity index (χ4n) is 1.84. The average Bonchev–Trinajstić information content (AvgIpc) is 2.39. The molecule has 2 aromatic rings. The van der Waals surface area contributed by atoms with Crippen LogP contribution in [0, 0.1) is 6.92 Å². The second-order valence-corrected chi connectivity index (χ2v) is 4.39. The van der Waals surface area contributed by atoms with Crippen molar-refractivity contribution in [3.8, 4) is 5.88 Å². The standard InChI is InChI=1S/C14H17N3O2/c1-9-12(10(2)18)8-15-13(17-9)6-11-4-5-14(19-3)16-7-11/h4-5,7-8,10,18H,6H2,1-3H3/t10-/m1/s1. The van der Waals surface area contributed by atoms with Gasteiger partial charge < -0.3 is 9.84 Å². The Labute approximate surface area is 112 Å². The number of aliphatic hydroxyl groups excluding tert-OH is 1. The van der Waals surface area contributed by atoms with E-state index in [2.05, 4.69) is 15.0 Å². The third-order valence-corrected chi connectivity index (χ3v) is 2.89. The van der Waals surface area contributed by atoms with E-state index in [0.29, 0.717) is 18.1 Å². The van der Waals surface area contributed by atoms with Gasteiger partial charge in [0.2, 0.25) is 5.88 Å². The number of pyridine rings is 1. The Morgan fingerprint density at radius 3 is 2.58 bits per heavy atom. The first-order chi connectivity index (χ1) is 9.10. The van der Waals surface area contributed by atoms with Gasteiger partial charge in [0, 0.05) is 36.1 Å². The van der Waals surface area contributed by atoms with Crippen LogP contribution in [0.4, 0.5) is 0 Å². The van der Waals surface area contributed by atoms with E-state index < -0.39 is 6.10 Å². The summed E-state index contributed by atoms with van der Waals surface area (Å²) in [5.74, 6) is 1.30. The van der Waals surface area contributed by atoms with Crippen molar-refractivity contribution in [2.24, 2.45) is 0 Å². The SMILES string of the molecule is COc1ccc(Cc2ncc([C@@H](C)O)c(C)n2)cn1. The maximum Gasteiger partial charge on any atom is 0.212 e. The summed E-state index contributed by atoms with van der Waals surface area (Å²) in [6.07, 6.45) is 3.49. The number of aryl methyl sites for hydroxylation is 1. The van der Waals surface area contributed by atoms with Gasteiger partial charge in [-0.3, -0.25) is 0 Å². The van der Waals surface area contributed by atoms with Crippen molar-refractivity contribution in [3.05, 3.63) is 47.2 Å². The van der Waals surface area contributed by atoms with Crippen LogP contribution < -0.4 is 4.74 Å². The Balaban J connectivity index is 2.16. The van der Waals surface area contributed by atoms with Crippen molar-refractivity contribution < 1.29 is 9.84 Å². The van der Waals surface area contributed by atoms with Crippen molar-refractivity contribution in [1.82, 2.24) is 15.0 Å². The molecule has 100 valence electrons. The lowest BCUT2D eigenvalue weighted by Gasteiger charge is -2.09. The fourth-order valence-corrected chi connectivity index (χ4v) is 1.84. The molecule has 0 bridgehead atoms. The number of methoxy groups -OCH3 is 1. The molecule has 0 aliphatic heterocycles. The molecule has 2 heterocycles. The molecule has 0 aromatic carbocycles. The number of hydrogen-bond donors (Lipinski definition) is 1. The Hall–Kier alpha value is -2.01. The molecule has 0 fully saturated rings. The number of aliphatic hydroxyl groups is 1. The third-order valence-electron chi connectivity index (χ3n) is 2.89. The van der Waals surface area contributed by atoms with Crippen LogP contribution in [0.15, 0.2) is 24.5 Å². The molecular weight excluding hydrogens is 242 g/mol. The van der Waals surface area contributed by atoms with E-state index in [1.165, 1.54) is 0 Å². The summed E-state index contributed by atoms with van der Waals surface area (Å²) in [7, 11) is 1.59. The van der Waals surface area contributed by atoms with Crippen LogP contribution in [0.5, 0.6) is 5.88 Å². The topological polar surface area (TPSA) is 68.1 Å². The second kappa shape index (κ2) is 5.75. The largest absolute Gasteiger partial charge is 0.481 e. The van der Waals surface area contributed by atoms with Crippen LogP contribution in [0.2, 0.25) is 0 Å². The first kappa shape index (κ1) is 13.4. The average molecular weight is 259 g/mol. The number of hydrogen-bond acceptors (Lipinski definition) is 5. The minimum absolute atomic E-state index is 0.545. The van der Waals surface area contributed by atoms with E-state index in [4.69, 9.17) is 4.74 Å². The van der Waals surface area contributed by atoms with Gasteiger partial charge in [0.05, 0.1) is 13.2 Å². The summed E-state index contributed by atoms with van der Waals surface area (Å²) in [6.45, 7) is 3.58. The Morgan fingerprint density at radius 1 is 1.26 bits per heavy atom. The van der Waals surface area contributed by atoms with Gasteiger partial charge in [0.25, 0.3) is 0 Å². The molecule has 1 N–H and O–H groups in total. The molecular formula is C14H17N3O2. The quantitative estimate of drug-likeness (QED) is 0.907. The van der Waals surface area contributed by atoms with Gasteiger partial charge in [-0.05, 0) is 19.4 Å². The number of rotatable bonds is 4. The third kappa shape index (κ3) is 3.26. The van der Waals surface area contributed by atoms with Crippen LogP contribution in [-0.2, 0) is 6.42 Å². The highest BCUT2D eigenvalue weighted by molar-refractivity contribution is 5.23. The van der Waals surface area contributed by atoms with E-state index in [1.54, 1.807) is 26.4 Å². The monoisotopic (exact) mass is 259 g/mol. The van der Waals surface area contributed by atoms with Gasteiger partial charge in [-0.15, -0.1) is 0 Å². The Kier molecular flexibility index (Phi) is 4.06. The summed E-state index contributed by atoms with van der Waals surface area (Å²) in [5, 5.41) is 9.54. The zero-order valence-corrected chi connectivity index (χ0v) is 11.3. The summed E-state index contributed by atoms with van der Waals surface area (Å²) in [6, 6.07) is 3.75. The summed E-state index contributed by atoms with van der Waals surface area (Å²) >= 11 is 0. The lowest BCUT2D eigenvalue weighted by Crippen LogP contribution is -2.04. The highest BCUT2D eigenvalue weighted by Gasteiger charge is 2.08. The first-order valence-corrected chi connectivity index (χ1v) is 6.09. The lowest BCUT2D eigenvalue weighted by atomic mass is 10.1. The van der Waals surface area contributed by atoms with E-state index in [1.807, 2.05) is 19.1 Å². The van der Waals surface area contributed by atoms with Crippen molar-refractivity contribution in [2.75, 3.05) is 7.11 Å². The molecule has 1 atom stereocenters. The van der Waals surface area contributed by atoms with Crippen molar-refractivity contribution in [3.63, 3.8) is 0 Å². The normalized spacial score (nSPS) is 12.2. The molecule has 0 aliphatic carbocycles. The Bertz CT molecular complexity index is 553. The maximum atomic E-state index is 9.54. The number of ether oxygens (including phenoxy) is 1. The van der Waals surface area contributed by atoms with Crippen LogP contribution in [-0.4, -0.2) is 27.2 Å². The molecule has 19 heavy (non-hydrogen) atoms. The molecule has 0 spiro atoms. The van der Waals surface area contributed by atoms with E-state index >= 15 is 0 Å². The predicted octanol–water partition coefficient (Wildman–Crippen LogP) is 1.83. The van der Waals surface area contributed by atoms with Crippen molar-refractivity contribution >= 4 is 0 Å². The molecule has 0 radical (unpaired) electrons. The number of aromatic nitrogens is 3. The maximum absolute atomic E-state index is 9.54. The van der Waals surface area contributed by atoms with Gasteiger partial charge >= 0.3 is 0 Å². The highest BCUT2D eigenvalue weighted by atomic mass is 16.5. The van der Waals surface area contributed by atoms with Gasteiger partial charge in [-0.25, -0.2) is 15.0 Å². The van der Waals surface area contributed by atoms with Gasteiger partial charge in [0.1, 0.15) is 5.82 Å². The van der Waals surface area contributed by atoms with Gasteiger partial charge in [-0.2, -0.15) is 0 Å². The molecule has 5 heteroatoms. The van der Waals surface area contributed by atoms with E-state index in [0.717, 1.165) is 16.8 Å². The smallest absolute Gasteiger partial charge is 0.212 e. The lowest BCUT2D eigenvalue weighted by molar-refractivity contribution is 0.197. The van der Waals surface area contributed by atoms with Crippen LogP contribution in [0.1, 0.15) is 35.7 Å².